The average molecular weight is 519 g/mol. The Morgan fingerprint density at radius 2 is 1.63 bits per heavy atom. The summed E-state index contributed by atoms with van der Waals surface area (Å²) in [5.41, 5.74) is 2.66. The van der Waals surface area contributed by atoms with Crippen molar-refractivity contribution < 1.29 is 4.79 Å². The van der Waals surface area contributed by atoms with Crippen molar-refractivity contribution in [3.63, 3.8) is 0 Å². The SMILES string of the molecule is CCCN(C(=O)NCc1ccccc1)C1CCN(C[C@H]2CC(N(C)CC(C)C)C[C@@H]2c2ccccc2)CC1. The van der Waals surface area contributed by atoms with Crippen molar-refractivity contribution in [1.82, 2.24) is 20.0 Å². The highest BCUT2D eigenvalue weighted by Gasteiger charge is 2.38. The molecule has 1 heterocycles. The Labute approximate surface area is 231 Å². The lowest BCUT2D eigenvalue weighted by atomic mass is 9.88. The summed E-state index contributed by atoms with van der Waals surface area (Å²) in [5, 5.41) is 3.17. The van der Waals surface area contributed by atoms with Crippen LogP contribution < -0.4 is 5.32 Å². The Hall–Kier alpha value is -2.37. The molecular weight excluding hydrogens is 468 g/mol. The highest BCUT2D eigenvalue weighted by atomic mass is 16.2. The van der Waals surface area contributed by atoms with Gasteiger partial charge in [0.15, 0.2) is 0 Å². The van der Waals surface area contributed by atoms with Crippen molar-refractivity contribution in [2.75, 3.05) is 39.8 Å². The maximum Gasteiger partial charge on any atom is 0.317 e. The van der Waals surface area contributed by atoms with Crippen LogP contribution in [0.25, 0.3) is 0 Å². The third-order valence-corrected chi connectivity index (χ3v) is 8.68. The number of rotatable bonds is 11. The van der Waals surface area contributed by atoms with Crippen LogP contribution in [-0.2, 0) is 6.54 Å². The second kappa shape index (κ2) is 14.1. The first-order valence-corrected chi connectivity index (χ1v) is 15.0. The summed E-state index contributed by atoms with van der Waals surface area (Å²) in [6, 6.07) is 22.5. The summed E-state index contributed by atoms with van der Waals surface area (Å²) in [4.78, 5) is 20.6. The molecule has 0 spiro atoms. The van der Waals surface area contributed by atoms with Crippen molar-refractivity contribution in [3.8, 4) is 0 Å². The molecular formula is C33H50N4O. The number of hydrogen-bond donors (Lipinski definition) is 1. The zero-order valence-electron chi connectivity index (χ0n) is 24.2. The third kappa shape index (κ3) is 7.83. The average Bonchev–Trinajstić information content (AvgIpc) is 3.35. The number of benzene rings is 2. The molecule has 2 aliphatic rings. The van der Waals surface area contributed by atoms with Crippen molar-refractivity contribution >= 4 is 6.03 Å². The predicted octanol–water partition coefficient (Wildman–Crippen LogP) is 6.22. The lowest BCUT2D eigenvalue weighted by molar-refractivity contribution is 0.108. The van der Waals surface area contributed by atoms with Crippen LogP contribution in [-0.4, -0.2) is 72.6 Å². The molecule has 38 heavy (non-hydrogen) atoms. The van der Waals surface area contributed by atoms with Crippen molar-refractivity contribution in [1.29, 1.82) is 0 Å². The first kappa shape index (κ1) is 28.6. The first-order valence-electron chi connectivity index (χ1n) is 15.0. The Morgan fingerprint density at radius 1 is 0.974 bits per heavy atom. The Balaban J connectivity index is 1.33. The lowest BCUT2D eigenvalue weighted by Crippen LogP contribution is -2.51. The number of piperidine rings is 1. The number of carbonyl (C=O) groups is 1. The van der Waals surface area contributed by atoms with Crippen LogP contribution in [0, 0.1) is 11.8 Å². The molecule has 1 saturated carbocycles. The standard InChI is InChI=1S/C33H50N4O/c1-5-18-37(33(38)34-23-27-12-8-6-9-13-27)30-16-19-36(20-17-30)25-29-21-31(35(4)24-26(2)3)22-32(29)28-14-10-7-11-15-28/h6-15,26,29-32H,5,16-25H2,1-4H3,(H,34,38)/t29-,31?,32-/m1/s1. The van der Waals surface area contributed by atoms with Crippen LogP contribution in [0.3, 0.4) is 0 Å². The number of urea groups is 1. The van der Waals surface area contributed by atoms with E-state index in [9.17, 15) is 4.79 Å². The van der Waals surface area contributed by atoms with E-state index >= 15 is 0 Å². The Morgan fingerprint density at radius 3 is 2.26 bits per heavy atom. The fraction of sp³-hybridized carbons (Fsp3) is 0.606. The molecule has 5 heteroatoms. The Kier molecular flexibility index (Phi) is 10.7. The van der Waals surface area contributed by atoms with Gasteiger partial charge in [0.25, 0.3) is 0 Å². The van der Waals surface area contributed by atoms with Gasteiger partial charge in [0.1, 0.15) is 0 Å². The Bertz CT molecular complexity index is 957. The molecule has 5 nitrogen and oxygen atoms in total. The third-order valence-electron chi connectivity index (χ3n) is 8.68. The molecule has 0 aromatic heterocycles. The van der Waals surface area contributed by atoms with Gasteiger partial charge in [-0.1, -0.05) is 81.4 Å². The zero-order chi connectivity index (χ0) is 26.9. The van der Waals surface area contributed by atoms with E-state index < -0.39 is 0 Å². The van der Waals surface area contributed by atoms with Crippen LogP contribution in [0.4, 0.5) is 4.79 Å². The minimum Gasteiger partial charge on any atom is -0.334 e. The van der Waals surface area contributed by atoms with Crippen LogP contribution in [0.15, 0.2) is 60.7 Å². The molecule has 2 fully saturated rings. The van der Waals surface area contributed by atoms with Crippen LogP contribution in [0.5, 0.6) is 0 Å². The van der Waals surface area contributed by atoms with Gasteiger partial charge in [0.05, 0.1) is 0 Å². The van der Waals surface area contributed by atoms with E-state index in [-0.39, 0.29) is 6.03 Å². The molecule has 1 unspecified atom stereocenters. The normalized spacial score (nSPS) is 22.7. The molecule has 2 aromatic carbocycles. The van der Waals surface area contributed by atoms with Crippen LogP contribution in [0.1, 0.15) is 69.9 Å². The summed E-state index contributed by atoms with van der Waals surface area (Å²) < 4.78 is 0. The highest BCUT2D eigenvalue weighted by Crippen LogP contribution is 2.42. The van der Waals surface area contributed by atoms with E-state index in [0.29, 0.717) is 36.4 Å². The van der Waals surface area contributed by atoms with Crippen molar-refractivity contribution in [2.45, 2.75) is 77.4 Å². The van der Waals surface area contributed by atoms with Crippen LogP contribution in [0.2, 0.25) is 0 Å². The van der Waals surface area contributed by atoms with Gasteiger partial charge < -0.3 is 20.0 Å². The molecule has 4 rings (SSSR count). The topological polar surface area (TPSA) is 38.8 Å². The van der Waals surface area contributed by atoms with E-state index in [2.05, 4.69) is 90.3 Å². The summed E-state index contributed by atoms with van der Waals surface area (Å²) in [7, 11) is 2.33. The van der Waals surface area contributed by atoms with Crippen LogP contribution >= 0.6 is 0 Å². The number of nitrogens with zero attached hydrogens (tertiary/aromatic N) is 3. The largest absolute Gasteiger partial charge is 0.334 e. The number of nitrogens with one attached hydrogen (secondary N) is 1. The molecule has 2 aromatic rings. The molecule has 3 atom stereocenters. The summed E-state index contributed by atoms with van der Waals surface area (Å²) in [5.74, 6) is 2.02. The van der Waals surface area contributed by atoms with Crippen molar-refractivity contribution in [3.05, 3.63) is 71.8 Å². The molecule has 0 radical (unpaired) electrons. The number of carbonyl (C=O) groups excluding carboxylic acids is 1. The molecule has 1 saturated heterocycles. The van der Waals surface area contributed by atoms with Gasteiger partial charge in [-0.25, -0.2) is 4.79 Å². The molecule has 2 amide bonds. The van der Waals surface area contributed by atoms with Gasteiger partial charge in [-0.2, -0.15) is 0 Å². The summed E-state index contributed by atoms with van der Waals surface area (Å²) in [6.07, 6.45) is 5.67. The van der Waals surface area contributed by atoms with E-state index in [1.807, 2.05) is 18.2 Å². The van der Waals surface area contributed by atoms with E-state index in [0.717, 1.165) is 44.5 Å². The first-order chi connectivity index (χ1) is 18.4. The minimum absolute atomic E-state index is 0.0881. The van der Waals surface area contributed by atoms with Gasteiger partial charge >= 0.3 is 6.03 Å². The second-order valence-electron chi connectivity index (χ2n) is 12.1. The van der Waals surface area contributed by atoms with Crippen molar-refractivity contribution in [2.24, 2.45) is 11.8 Å². The minimum atomic E-state index is 0.0881. The van der Waals surface area contributed by atoms with E-state index in [1.54, 1.807) is 0 Å². The zero-order valence-corrected chi connectivity index (χ0v) is 24.2. The van der Waals surface area contributed by atoms with E-state index in [1.165, 1.54) is 31.5 Å². The smallest absolute Gasteiger partial charge is 0.317 e. The van der Waals surface area contributed by atoms with Gasteiger partial charge in [0, 0.05) is 51.4 Å². The van der Waals surface area contributed by atoms with E-state index in [4.69, 9.17) is 0 Å². The fourth-order valence-electron chi connectivity index (χ4n) is 6.80. The molecule has 0 bridgehead atoms. The number of hydrogen-bond acceptors (Lipinski definition) is 3. The molecule has 208 valence electrons. The van der Waals surface area contributed by atoms with Gasteiger partial charge in [0.2, 0.25) is 0 Å². The second-order valence-corrected chi connectivity index (χ2v) is 12.1. The predicted molar refractivity (Wildman–Crippen MR) is 158 cm³/mol. The summed E-state index contributed by atoms with van der Waals surface area (Å²) in [6.45, 7) is 12.8. The molecule has 1 aliphatic carbocycles. The number of amides is 2. The fourth-order valence-corrected chi connectivity index (χ4v) is 6.80. The van der Waals surface area contributed by atoms with Gasteiger partial charge in [-0.3, -0.25) is 0 Å². The summed E-state index contributed by atoms with van der Waals surface area (Å²) >= 11 is 0. The molecule has 1 N–H and O–H groups in total. The van der Waals surface area contributed by atoms with Gasteiger partial charge in [-0.15, -0.1) is 0 Å². The quantitative estimate of drug-likeness (QED) is 0.384. The number of likely N-dealkylation sites (tertiary alicyclic amines) is 1. The monoisotopic (exact) mass is 518 g/mol. The highest BCUT2D eigenvalue weighted by molar-refractivity contribution is 5.74. The maximum absolute atomic E-state index is 13.1. The van der Waals surface area contributed by atoms with Gasteiger partial charge in [-0.05, 0) is 68.0 Å². The maximum atomic E-state index is 13.1. The lowest BCUT2D eigenvalue weighted by Gasteiger charge is -2.40. The molecule has 1 aliphatic heterocycles.